The third-order valence-corrected chi connectivity index (χ3v) is 5.29. The molecular formula is C17H25F2NO3S. The maximum Gasteiger partial charge on any atom is 0.157 e. The van der Waals surface area contributed by atoms with Gasteiger partial charge in [-0.2, -0.15) is 0 Å². The van der Waals surface area contributed by atoms with Crippen LogP contribution in [0.5, 0.6) is 0 Å². The molecule has 0 bridgehead atoms. The molecule has 0 saturated carbocycles. The van der Waals surface area contributed by atoms with E-state index in [0.29, 0.717) is 31.6 Å². The van der Waals surface area contributed by atoms with Gasteiger partial charge >= 0.3 is 0 Å². The fourth-order valence-corrected chi connectivity index (χ4v) is 3.25. The van der Waals surface area contributed by atoms with Gasteiger partial charge in [-0.05, 0) is 51.3 Å². The average molecular weight is 361 g/mol. The van der Waals surface area contributed by atoms with Crippen LogP contribution in [0.3, 0.4) is 0 Å². The fourth-order valence-electron chi connectivity index (χ4n) is 2.38. The minimum Gasteiger partial charge on any atom is -0.353 e. The molecule has 1 saturated heterocycles. The van der Waals surface area contributed by atoms with Gasteiger partial charge in [-0.15, -0.1) is 0 Å². The first-order chi connectivity index (χ1) is 11.3. The van der Waals surface area contributed by atoms with Crippen molar-refractivity contribution in [1.29, 1.82) is 0 Å². The predicted octanol–water partition coefficient (Wildman–Crippen LogP) is 3.60. The highest BCUT2D eigenvalue weighted by molar-refractivity contribution is 7.84. The smallest absolute Gasteiger partial charge is 0.157 e. The van der Waals surface area contributed by atoms with E-state index in [9.17, 15) is 13.0 Å². The normalized spacial score (nSPS) is 19.2. The lowest BCUT2D eigenvalue weighted by Crippen LogP contribution is -2.36. The fraction of sp³-hybridized carbons (Fsp3) is 0.647. The summed E-state index contributed by atoms with van der Waals surface area (Å²) < 4.78 is 53.1. The summed E-state index contributed by atoms with van der Waals surface area (Å²) in [5.74, 6) is -1.30. The lowest BCUT2D eigenvalue weighted by atomic mass is 10.0. The molecular weight excluding hydrogens is 336 g/mol. The Balaban J connectivity index is 2.12. The van der Waals surface area contributed by atoms with Crippen LogP contribution < -0.4 is 4.72 Å². The molecule has 24 heavy (non-hydrogen) atoms. The molecule has 1 aliphatic heterocycles. The van der Waals surface area contributed by atoms with Gasteiger partial charge in [-0.3, -0.25) is 0 Å². The number of hydrogen-bond donors (Lipinski definition) is 1. The van der Waals surface area contributed by atoms with E-state index in [1.165, 1.54) is 12.1 Å². The van der Waals surface area contributed by atoms with Crippen LogP contribution in [0.1, 0.15) is 51.6 Å². The topological polar surface area (TPSA) is 47.6 Å². The molecule has 1 aliphatic rings. The first kappa shape index (κ1) is 19.4. The molecule has 136 valence electrons. The number of hydrogen-bond acceptors (Lipinski definition) is 3. The molecule has 7 heteroatoms. The standard InChI is InChI=1S/C17H25F2NO3S/c1-17(2,3)24(21)20-15(5-6-16-22-7-4-8-23-16)12-9-13(18)11-14(19)10-12/h9-11,15-16,20H,4-8H2,1-3H3/t15-,24-/m1/s1. The zero-order valence-corrected chi connectivity index (χ0v) is 15.1. The number of halogens is 2. The van der Waals surface area contributed by atoms with Crippen LogP contribution in [0.15, 0.2) is 18.2 Å². The zero-order valence-electron chi connectivity index (χ0n) is 14.3. The number of rotatable bonds is 6. The van der Waals surface area contributed by atoms with Crippen LogP contribution in [0.25, 0.3) is 0 Å². The van der Waals surface area contributed by atoms with Crippen LogP contribution in [0.4, 0.5) is 8.78 Å². The molecule has 0 aromatic heterocycles. The Hall–Kier alpha value is -0.890. The molecule has 0 unspecified atom stereocenters. The first-order valence-corrected chi connectivity index (χ1v) is 9.28. The Morgan fingerprint density at radius 3 is 2.33 bits per heavy atom. The summed E-state index contributed by atoms with van der Waals surface area (Å²) in [6.45, 7) is 6.81. The Morgan fingerprint density at radius 1 is 1.21 bits per heavy atom. The highest BCUT2D eigenvalue weighted by Crippen LogP contribution is 2.25. The van der Waals surface area contributed by atoms with Crippen molar-refractivity contribution in [3.63, 3.8) is 0 Å². The van der Waals surface area contributed by atoms with Crippen molar-refractivity contribution >= 4 is 11.0 Å². The molecule has 1 aromatic carbocycles. The monoisotopic (exact) mass is 361 g/mol. The van der Waals surface area contributed by atoms with Gasteiger partial charge in [0, 0.05) is 18.5 Å². The van der Waals surface area contributed by atoms with E-state index in [1.54, 1.807) is 0 Å². The number of nitrogens with one attached hydrogen (secondary N) is 1. The Labute approximate surface area is 144 Å². The third kappa shape index (κ3) is 5.88. The van der Waals surface area contributed by atoms with E-state index in [-0.39, 0.29) is 6.29 Å². The van der Waals surface area contributed by atoms with Crippen molar-refractivity contribution in [2.75, 3.05) is 13.2 Å². The van der Waals surface area contributed by atoms with E-state index in [0.717, 1.165) is 12.5 Å². The van der Waals surface area contributed by atoms with E-state index >= 15 is 0 Å². The van der Waals surface area contributed by atoms with Crippen LogP contribution >= 0.6 is 0 Å². The second kappa shape index (κ2) is 8.47. The Kier molecular flexibility index (Phi) is 6.86. The van der Waals surface area contributed by atoms with Crippen LogP contribution in [-0.2, 0) is 20.5 Å². The van der Waals surface area contributed by atoms with Crippen molar-refractivity contribution in [3.8, 4) is 0 Å². The average Bonchev–Trinajstić information content (AvgIpc) is 2.50. The lowest BCUT2D eigenvalue weighted by molar-refractivity contribution is -0.182. The zero-order chi connectivity index (χ0) is 17.7. The van der Waals surface area contributed by atoms with Crippen molar-refractivity contribution < 1.29 is 22.5 Å². The van der Waals surface area contributed by atoms with E-state index in [2.05, 4.69) is 4.72 Å². The van der Waals surface area contributed by atoms with E-state index in [1.807, 2.05) is 20.8 Å². The Morgan fingerprint density at radius 2 is 1.79 bits per heavy atom. The van der Waals surface area contributed by atoms with Gasteiger partial charge in [0.15, 0.2) is 6.29 Å². The summed E-state index contributed by atoms with van der Waals surface area (Å²) in [7, 11) is -1.36. The maximum absolute atomic E-state index is 13.6. The van der Waals surface area contributed by atoms with Gasteiger partial charge in [0.25, 0.3) is 0 Å². The molecule has 0 aliphatic carbocycles. The highest BCUT2D eigenvalue weighted by atomic mass is 32.2. The lowest BCUT2D eigenvalue weighted by Gasteiger charge is -2.27. The van der Waals surface area contributed by atoms with Crippen LogP contribution in [0.2, 0.25) is 0 Å². The second-order valence-corrected chi connectivity index (χ2v) is 8.85. The molecule has 0 radical (unpaired) electrons. The molecule has 1 aromatic rings. The third-order valence-electron chi connectivity index (χ3n) is 3.68. The molecule has 2 rings (SSSR count). The van der Waals surface area contributed by atoms with Gasteiger partial charge in [0.05, 0.1) is 28.9 Å². The molecule has 1 fully saturated rings. The summed E-state index contributed by atoms with van der Waals surface area (Å²) in [6, 6.07) is 2.91. The predicted molar refractivity (Wildman–Crippen MR) is 89.7 cm³/mol. The van der Waals surface area contributed by atoms with E-state index in [4.69, 9.17) is 9.47 Å². The maximum atomic E-state index is 13.6. The van der Waals surface area contributed by atoms with Gasteiger partial charge in [-0.25, -0.2) is 17.7 Å². The van der Waals surface area contributed by atoms with Crippen LogP contribution in [-0.4, -0.2) is 28.5 Å². The largest absolute Gasteiger partial charge is 0.353 e. The van der Waals surface area contributed by atoms with E-state index < -0.39 is 33.4 Å². The summed E-state index contributed by atoms with van der Waals surface area (Å²) >= 11 is 0. The van der Waals surface area contributed by atoms with Crippen molar-refractivity contribution in [2.45, 2.75) is 57.1 Å². The molecule has 1 heterocycles. The van der Waals surface area contributed by atoms with Crippen molar-refractivity contribution in [2.24, 2.45) is 0 Å². The minimum atomic E-state index is -1.36. The van der Waals surface area contributed by atoms with Gasteiger partial charge in [-0.1, -0.05) is 0 Å². The number of ether oxygens (including phenoxy) is 2. The summed E-state index contributed by atoms with van der Waals surface area (Å²) in [5.41, 5.74) is 0.431. The second-order valence-electron chi connectivity index (χ2n) is 6.86. The molecule has 4 nitrogen and oxygen atoms in total. The summed E-state index contributed by atoms with van der Waals surface area (Å²) in [4.78, 5) is 0. The van der Waals surface area contributed by atoms with Crippen molar-refractivity contribution in [3.05, 3.63) is 35.4 Å². The van der Waals surface area contributed by atoms with Crippen molar-refractivity contribution in [1.82, 2.24) is 4.72 Å². The summed E-state index contributed by atoms with van der Waals surface area (Å²) in [6.07, 6.45) is 1.58. The van der Waals surface area contributed by atoms with Crippen LogP contribution in [0, 0.1) is 11.6 Å². The minimum absolute atomic E-state index is 0.329. The molecule has 0 spiro atoms. The number of benzene rings is 1. The molecule has 2 atom stereocenters. The molecule has 0 amide bonds. The Bertz CT molecular complexity index is 551. The highest BCUT2D eigenvalue weighted by Gasteiger charge is 2.25. The van der Waals surface area contributed by atoms with Gasteiger partial charge in [0.1, 0.15) is 11.6 Å². The van der Waals surface area contributed by atoms with Gasteiger partial charge in [0.2, 0.25) is 0 Å². The quantitative estimate of drug-likeness (QED) is 0.842. The molecule has 1 N–H and O–H groups in total. The van der Waals surface area contributed by atoms with Gasteiger partial charge < -0.3 is 9.47 Å². The SMILES string of the molecule is CC(C)(C)[S@@](=O)N[C@H](CCC1OCCCO1)c1cc(F)cc(F)c1. The summed E-state index contributed by atoms with van der Waals surface area (Å²) in [5, 5.41) is 0. The first-order valence-electron chi connectivity index (χ1n) is 8.13.